The van der Waals surface area contributed by atoms with Gasteiger partial charge < -0.3 is 14.5 Å². The number of hydrogen-bond donors (Lipinski definition) is 2. The van der Waals surface area contributed by atoms with Crippen molar-refractivity contribution in [1.82, 2.24) is 5.43 Å². The van der Waals surface area contributed by atoms with Crippen LogP contribution < -0.4 is 15.5 Å². The molecule has 0 spiro atoms. The monoisotopic (exact) mass is 289 g/mol. The molecule has 1 aromatic heterocycles. The zero-order valence-electron chi connectivity index (χ0n) is 11.2. The van der Waals surface area contributed by atoms with Crippen molar-refractivity contribution in [3.05, 3.63) is 47.9 Å². The van der Waals surface area contributed by atoms with Crippen molar-refractivity contribution in [3.63, 3.8) is 0 Å². The number of furan rings is 1. The molecule has 0 saturated heterocycles. The first-order valence-electron chi connectivity index (χ1n) is 5.98. The van der Waals surface area contributed by atoms with E-state index in [9.17, 15) is 0 Å². The van der Waals surface area contributed by atoms with Gasteiger partial charge in [-0.05, 0) is 43.4 Å². The molecule has 0 unspecified atom stereocenters. The predicted molar refractivity (Wildman–Crippen MR) is 83.4 cm³/mol. The highest BCUT2D eigenvalue weighted by molar-refractivity contribution is 7.80. The molecule has 5 nitrogen and oxygen atoms in total. The van der Waals surface area contributed by atoms with Gasteiger partial charge in [0.2, 0.25) is 0 Å². The Morgan fingerprint density at radius 2 is 2.10 bits per heavy atom. The number of anilines is 1. The molecular formula is C14H15N3O2S. The van der Waals surface area contributed by atoms with Crippen LogP contribution in [0.3, 0.4) is 0 Å². The van der Waals surface area contributed by atoms with Crippen LogP contribution in [-0.4, -0.2) is 18.4 Å². The van der Waals surface area contributed by atoms with E-state index in [1.807, 2.05) is 43.3 Å². The fourth-order valence-corrected chi connectivity index (χ4v) is 1.74. The van der Waals surface area contributed by atoms with Gasteiger partial charge in [0.25, 0.3) is 0 Å². The van der Waals surface area contributed by atoms with E-state index in [2.05, 4.69) is 15.8 Å². The summed E-state index contributed by atoms with van der Waals surface area (Å²) in [7, 11) is 1.61. The maximum atomic E-state index is 5.35. The van der Waals surface area contributed by atoms with Crippen molar-refractivity contribution in [2.75, 3.05) is 12.4 Å². The topological polar surface area (TPSA) is 58.8 Å². The van der Waals surface area contributed by atoms with Gasteiger partial charge in [-0.2, -0.15) is 5.10 Å². The molecule has 104 valence electrons. The number of benzene rings is 1. The second-order valence-corrected chi connectivity index (χ2v) is 4.38. The maximum Gasteiger partial charge on any atom is 0.191 e. The Labute approximate surface area is 122 Å². The molecule has 0 radical (unpaired) electrons. The van der Waals surface area contributed by atoms with Crippen LogP contribution in [-0.2, 0) is 0 Å². The first-order valence-corrected chi connectivity index (χ1v) is 6.39. The van der Waals surface area contributed by atoms with Crippen LogP contribution in [0.25, 0.3) is 0 Å². The third-order valence-corrected chi connectivity index (χ3v) is 2.67. The quantitative estimate of drug-likeness (QED) is 0.515. The number of para-hydroxylation sites is 2. The van der Waals surface area contributed by atoms with E-state index in [0.717, 1.165) is 11.4 Å². The van der Waals surface area contributed by atoms with Crippen molar-refractivity contribution in [2.45, 2.75) is 6.92 Å². The van der Waals surface area contributed by atoms with Gasteiger partial charge in [0.15, 0.2) is 5.11 Å². The number of thiocarbonyl (C=S) groups is 1. The fourth-order valence-electron chi connectivity index (χ4n) is 1.58. The first-order chi connectivity index (χ1) is 9.69. The summed E-state index contributed by atoms with van der Waals surface area (Å²) in [5.74, 6) is 2.21. The summed E-state index contributed by atoms with van der Waals surface area (Å²) in [6.07, 6.45) is 1.56. The minimum Gasteiger partial charge on any atom is -0.495 e. The van der Waals surface area contributed by atoms with Crippen LogP contribution in [0.15, 0.2) is 45.9 Å². The van der Waals surface area contributed by atoms with E-state index < -0.39 is 0 Å². The highest BCUT2D eigenvalue weighted by Gasteiger charge is 2.02. The van der Waals surface area contributed by atoms with Crippen LogP contribution in [0.4, 0.5) is 5.69 Å². The van der Waals surface area contributed by atoms with E-state index >= 15 is 0 Å². The lowest BCUT2D eigenvalue weighted by Crippen LogP contribution is -2.24. The van der Waals surface area contributed by atoms with Gasteiger partial charge in [0, 0.05) is 0 Å². The predicted octanol–water partition coefficient (Wildman–Crippen LogP) is 2.92. The molecule has 6 heteroatoms. The standard InChI is InChI=1S/C14H15N3O2S/c1-10-7-8-11(19-10)9-15-17-14(20)16-12-5-3-4-6-13(12)18-2/h3-9H,1-2H3,(H2,16,17,20)/b15-9-. The summed E-state index contributed by atoms with van der Waals surface area (Å²) in [5, 5.41) is 7.37. The molecule has 2 rings (SSSR count). The molecule has 2 N–H and O–H groups in total. The number of hydrazone groups is 1. The number of methoxy groups -OCH3 is 1. The second-order valence-electron chi connectivity index (χ2n) is 3.97. The molecule has 0 amide bonds. The van der Waals surface area contributed by atoms with Crippen molar-refractivity contribution in [3.8, 4) is 5.75 Å². The van der Waals surface area contributed by atoms with Crippen LogP contribution in [0.5, 0.6) is 5.75 Å². The van der Waals surface area contributed by atoms with Crippen molar-refractivity contribution in [1.29, 1.82) is 0 Å². The molecule has 0 aliphatic carbocycles. The van der Waals surface area contributed by atoms with Gasteiger partial charge in [-0.25, -0.2) is 0 Å². The van der Waals surface area contributed by atoms with Crippen LogP contribution in [0.1, 0.15) is 11.5 Å². The third kappa shape index (κ3) is 3.83. The molecule has 2 aromatic rings. The summed E-state index contributed by atoms with van der Waals surface area (Å²) in [6, 6.07) is 11.2. The smallest absolute Gasteiger partial charge is 0.191 e. The number of nitrogens with one attached hydrogen (secondary N) is 2. The van der Waals surface area contributed by atoms with Gasteiger partial charge in [0.1, 0.15) is 17.3 Å². The Balaban J connectivity index is 1.91. The average molecular weight is 289 g/mol. The van der Waals surface area contributed by atoms with Gasteiger partial charge in [-0.3, -0.25) is 5.43 Å². The Morgan fingerprint density at radius 1 is 1.30 bits per heavy atom. The van der Waals surface area contributed by atoms with E-state index in [0.29, 0.717) is 16.6 Å². The highest BCUT2D eigenvalue weighted by Crippen LogP contribution is 2.22. The summed E-state index contributed by atoms with van der Waals surface area (Å²) >= 11 is 5.14. The molecule has 0 aliphatic heterocycles. The average Bonchev–Trinajstić information content (AvgIpc) is 2.85. The van der Waals surface area contributed by atoms with Crippen molar-refractivity contribution < 1.29 is 9.15 Å². The second kappa shape index (κ2) is 6.72. The lowest BCUT2D eigenvalue weighted by Gasteiger charge is -2.10. The molecule has 1 aromatic carbocycles. The van der Waals surface area contributed by atoms with Crippen LogP contribution in [0.2, 0.25) is 0 Å². The zero-order valence-corrected chi connectivity index (χ0v) is 12.0. The summed E-state index contributed by atoms with van der Waals surface area (Å²) in [4.78, 5) is 0. The van der Waals surface area contributed by atoms with Gasteiger partial charge >= 0.3 is 0 Å². The summed E-state index contributed by atoms with van der Waals surface area (Å²) in [6.45, 7) is 1.87. The van der Waals surface area contributed by atoms with Crippen LogP contribution in [0, 0.1) is 6.92 Å². The number of ether oxygens (including phenoxy) is 1. The van der Waals surface area contributed by atoms with Crippen molar-refractivity contribution in [2.24, 2.45) is 5.10 Å². The van der Waals surface area contributed by atoms with E-state index in [1.165, 1.54) is 0 Å². The molecule has 0 fully saturated rings. The lowest BCUT2D eigenvalue weighted by atomic mass is 10.3. The molecule has 0 bridgehead atoms. The number of nitrogens with zero attached hydrogens (tertiary/aromatic N) is 1. The van der Waals surface area contributed by atoms with E-state index in [-0.39, 0.29) is 0 Å². The van der Waals surface area contributed by atoms with Gasteiger partial charge in [-0.15, -0.1) is 0 Å². The summed E-state index contributed by atoms with van der Waals surface area (Å²) < 4.78 is 10.6. The normalized spacial score (nSPS) is 10.5. The van der Waals surface area contributed by atoms with Gasteiger partial charge in [-0.1, -0.05) is 12.1 Å². The molecule has 20 heavy (non-hydrogen) atoms. The Kier molecular flexibility index (Phi) is 4.73. The highest BCUT2D eigenvalue weighted by atomic mass is 32.1. The summed E-state index contributed by atoms with van der Waals surface area (Å²) in [5.41, 5.74) is 3.49. The largest absolute Gasteiger partial charge is 0.495 e. The molecule has 1 heterocycles. The number of hydrogen-bond acceptors (Lipinski definition) is 4. The minimum absolute atomic E-state index is 0.369. The van der Waals surface area contributed by atoms with Gasteiger partial charge in [0.05, 0.1) is 19.0 Å². The third-order valence-electron chi connectivity index (χ3n) is 2.47. The Bertz CT molecular complexity index is 622. The zero-order chi connectivity index (χ0) is 14.4. The molecule has 0 aliphatic rings. The fraction of sp³-hybridized carbons (Fsp3) is 0.143. The SMILES string of the molecule is COc1ccccc1NC(=S)N/N=C\c1ccc(C)o1. The maximum absolute atomic E-state index is 5.35. The Morgan fingerprint density at radius 3 is 2.80 bits per heavy atom. The first kappa shape index (κ1) is 14.1. The van der Waals surface area contributed by atoms with E-state index in [1.54, 1.807) is 13.3 Å². The number of aryl methyl sites for hydroxylation is 1. The van der Waals surface area contributed by atoms with E-state index in [4.69, 9.17) is 21.4 Å². The van der Waals surface area contributed by atoms with Crippen LogP contribution >= 0.6 is 12.2 Å². The molecule has 0 atom stereocenters. The number of rotatable bonds is 4. The molecular weight excluding hydrogens is 274 g/mol. The Hall–Kier alpha value is -2.34. The van der Waals surface area contributed by atoms with Crippen molar-refractivity contribution >= 4 is 29.2 Å². The lowest BCUT2D eigenvalue weighted by molar-refractivity contribution is 0.417. The minimum atomic E-state index is 0.369. The molecule has 0 saturated carbocycles.